The summed E-state index contributed by atoms with van der Waals surface area (Å²) in [6.07, 6.45) is 10.1. The molecule has 1 aliphatic heterocycles. The van der Waals surface area contributed by atoms with Gasteiger partial charge in [-0.05, 0) is 93.4 Å². The maximum Gasteiger partial charge on any atom is 0.270 e. The molecule has 0 bridgehead atoms. The van der Waals surface area contributed by atoms with E-state index in [9.17, 15) is 8.78 Å². The van der Waals surface area contributed by atoms with Gasteiger partial charge in [0.2, 0.25) is 0 Å². The van der Waals surface area contributed by atoms with E-state index in [4.69, 9.17) is 16.3 Å². The molecular weight excluding hydrogens is 490 g/mol. The fourth-order valence-corrected chi connectivity index (χ4v) is 5.14. The van der Waals surface area contributed by atoms with Gasteiger partial charge in [0.1, 0.15) is 11.5 Å². The van der Waals surface area contributed by atoms with Crippen LogP contribution in [0.25, 0.3) is 22.2 Å². The molecule has 3 nitrogen and oxygen atoms in total. The van der Waals surface area contributed by atoms with Crippen molar-refractivity contribution in [3.63, 3.8) is 0 Å². The summed E-state index contributed by atoms with van der Waals surface area (Å²) in [5, 5.41) is 0.486. The number of hydrogen-bond donors (Lipinski definition) is 0. The zero-order valence-electron chi connectivity index (χ0n) is 21.9. The van der Waals surface area contributed by atoms with Gasteiger partial charge in [-0.2, -0.15) is 0 Å². The van der Waals surface area contributed by atoms with Crippen LogP contribution in [0.2, 0.25) is 0 Å². The van der Waals surface area contributed by atoms with Gasteiger partial charge >= 0.3 is 0 Å². The summed E-state index contributed by atoms with van der Waals surface area (Å²) in [6, 6.07) is 11.9. The Morgan fingerprint density at radius 2 is 1.76 bits per heavy atom. The van der Waals surface area contributed by atoms with Gasteiger partial charge in [0.25, 0.3) is 5.92 Å². The van der Waals surface area contributed by atoms with E-state index in [2.05, 4.69) is 34.4 Å². The van der Waals surface area contributed by atoms with Crippen LogP contribution in [0.5, 0.6) is 11.5 Å². The number of rotatable bonds is 9. The van der Waals surface area contributed by atoms with Crippen molar-refractivity contribution in [2.24, 2.45) is 0 Å². The molecule has 0 radical (unpaired) electrons. The Hall–Kier alpha value is -2.89. The number of aromatic nitrogens is 1. The molecule has 1 saturated heterocycles. The Morgan fingerprint density at radius 3 is 2.38 bits per heavy atom. The first-order valence-corrected chi connectivity index (χ1v) is 13.2. The molecule has 196 valence electrons. The summed E-state index contributed by atoms with van der Waals surface area (Å²) in [7, 11) is 0. The van der Waals surface area contributed by atoms with Crippen molar-refractivity contribution < 1.29 is 13.5 Å². The second kappa shape index (κ2) is 11.7. The Balaban J connectivity index is 1.67. The minimum Gasteiger partial charge on any atom is -0.457 e. The van der Waals surface area contributed by atoms with E-state index in [-0.39, 0.29) is 5.56 Å². The maximum absolute atomic E-state index is 13.6. The predicted octanol–water partition coefficient (Wildman–Crippen LogP) is 9.10. The van der Waals surface area contributed by atoms with Crippen molar-refractivity contribution in [3.8, 4) is 22.6 Å². The van der Waals surface area contributed by atoms with E-state index in [0.29, 0.717) is 16.5 Å². The summed E-state index contributed by atoms with van der Waals surface area (Å²) < 4.78 is 35.5. The molecule has 0 N–H and O–H groups in total. The average molecular weight is 525 g/mol. The van der Waals surface area contributed by atoms with Crippen molar-refractivity contribution in [1.82, 2.24) is 9.47 Å². The van der Waals surface area contributed by atoms with Crippen molar-refractivity contribution in [2.75, 3.05) is 19.6 Å². The Morgan fingerprint density at radius 1 is 1.05 bits per heavy atom. The van der Waals surface area contributed by atoms with Crippen LogP contribution in [-0.4, -0.2) is 29.1 Å². The second-order valence-corrected chi connectivity index (χ2v) is 10.3. The lowest BCUT2D eigenvalue weighted by Crippen LogP contribution is -2.32. The molecule has 6 heteroatoms. The number of aryl methyl sites for hydroxylation is 1. The molecule has 4 rings (SSSR count). The standard InChI is InChI=1S/C31H35ClF2N2O/c1-5-9-29-30(23(3)32)28(21-36(29)17-16-35-14-7-6-8-15-35)24-18-22(2)19-27(20-24)37-26-12-10-25(11-13-26)31(4,33)34/h5,9-13,18-21H,3,6-8,14-17H2,1-2,4H3/b9-5-. The van der Waals surface area contributed by atoms with E-state index < -0.39 is 5.92 Å². The van der Waals surface area contributed by atoms with Crippen LogP contribution in [0.1, 0.15) is 55.5 Å². The highest BCUT2D eigenvalue weighted by Crippen LogP contribution is 2.38. The van der Waals surface area contributed by atoms with E-state index in [0.717, 1.165) is 61.1 Å². The van der Waals surface area contributed by atoms with Crippen molar-refractivity contribution in [2.45, 2.75) is 52.5 Å². The second-order valence-electron chi connectivity index (χ2n) is 9.85. The smallest absolute Gasteiger partial charge is 0.270 e. The SMILES string of the molecule is C=C(Cl)c1c(-c2cc(C)cc(Oc3ccc(C(C)(F)F)cc3)c2)cn(CCN2CCCCC2)c1/C=C\C. The number of nitrogens with zero attached hydrogens (tertiary/aromatic N) is 2. The Labute approximate surface area is 224 Å². The average Bonchev–Trinajstić information content (AvgIpc) is 3.22. The van der Waals surface area contributed by atoms with Gasteiger partial charge in [-0.25, -0.2) is 8.78 Å². The lowest BCUT2D eigenvalue weighted by Gasteiger charge is -2.26. The van der Waals surface area contributed by atoms with Crippen LogP contribution in [0.3, 0.4) is 0 Å². The first kappa shape index (κ1) is 27.2. The third-order valence-electron chi connectivity index (χ3n) is 6.78. The van der Waals surface area contributed by atoms with E-state index >= 15 is 0 Å². The zero-order valence-corrected chi connectivity index (χ0v) is 22.6. The monoisotopic (exact) mass is 524 g/mol. The predicted molar refractivity (Wildman–Crippen MR) is 151 cm³/mol. The third-order valence-corrected chi connectivity index (χ3v) is 6.97. The molecular formula is C31H35ClF2N2O. The minimum absolute atomic E-state index is 0.0440. The first-order chi connectivity index (χ1) is 17.7. The molecule has 1 fully saturated rings. The molecule has 37 heavy (non-hydrogen) atoms. The fourth-order valence-electron chi connectivity index (χ4n) is 4.94. The Kier molecular flexibility index (Phi) is 8.56. The lowest BCUT2D eigenvalue weighted by atomic mass is 10.00. The van der Waals surface area contributed by atoms with Gasteiger partial charge in [0, 0.05) is 53.6 Å². The number of allylic oxidation sites excluding steroid dienone is 1. The van der Waals surface area contributed by atoms with Gasteiger partial charge < -0.3 is 14.2 Å². The molecule has 0 amide bonds. The van der Waals surface area contributed by atoms with Gasteiger partial charge in [-0.3, -0.25) is 0 Å². The van der Waals surface area contributed by atoms with Crippen LogP contribution in [0, 0.1) is 6.92 Å². The van der Waals surface area contributed by atoms with Gasteiger partial charge in [0.15, 0.2) is 0 Å². The van der Waals surface area contributed by atoms with Crippen LogP contribution in [0.15, 0.2) is 61.3 Å². The molecule has 1 aromatic heterocycles. The van der Waals surface area contributed by atoms with E-state index in [1.807, 2.05) is 32.1 Å². The van der Waals surface area contributed by atoms with Gasteiger partial charge in [-0.15, -0.1) is 0 Å². The number of benzene rings is 2. The number of hydrogen-bond acceptors (Lipinski definition) is 2. The number of alkyl halides is 2. The summed E-state index contributed by atoms with van der Waals surface area (Å²) in [5.74, 6) is -1.76. The quantitative estimate of drug-likeness (QED) is 0.277. The van der Waals surface area contributed by atoms with E-state index in [1.54, 1.807) is 12.1 Å². The highest BCUT2D eigenvalue weighted by atomic mass is 35.5. The van der Waals surface area contributed by atoms with Gasteiger partial charge in [0.05, 0.1) is 0 Å². The molecule has 1 aliphatic rings. The van der Waals surface area contributed by atoms with Crippen LogP contribution in [0.4, 0.5) is 8.78 Å². The molecule has 2 aromatic carbocycles. The largest absolute Gasteiger partial charge is 0.457 e. The van der Waals surface area contributed by atoms with Crippen LogP contribution in [-0.2, 0) is 12.5 Å². The van der Waals surface area contributed by atoms with Crippen molar-refractivity contribution >= 4 is 22.7 Å². The fraction of sp³-hybridized carbons (Fsp3) is 0.355. The summed E-state index contributed by atoms with van der Waals surface area (Å²) in [6.45, 7) is 13.1. The highest BCUT2D eigenvalue weighted by molar-refractivity contribution is 6.49. The molecule has 2 heterocycles. The van der Waals surface area contributed by atoms with Gasteiger partial charge in [-0.1, -0.05) is 36.7 Å². The topological polar surface area (TPSA) is 17.4 Å². The molecule has 3 aromatic rings. The lowest BCUT2D eigenvalue weighted by molar-refractivity contribution is 0.0174. The number of piperidine rings is 1. The first-order valence-electron chi connectivity index (χ1n) is 12.9. The summed E-state index contributed by atoms with van der Waals surface area (Å²) in [4.78, 5) is 2.52. The molecule has 0 atom stereocenters. The van der Waals surface area contributed by atoms with E-state index in [1.165, 1.54) is 31.4 Å². The molecule has 0 unspecified atom stereocenters. The molecule has 0 aliphatic carbocycles. The normalized spacial score (nSPS) is 14.9. The molecule has 0 saturated carbocycles. The van der Waals surface area contributed by atoms with Crippen LogP contribution < -0.4 is 4.74 Å². The van der Waals surface area contributed by atoms with Crippen LogP contribution >= 0.6 is 11.6 Å². The third kappa shape index (κ3) is 6.71. The zero-order chi connectivity index (χ0) is 26.6. The number of ether oxygens (including phenoxy) is 1. The maximum atomic E-state index is 13.6. The summed E-state index contributed by atoms with van der Waals surface area (Å²) >= 11 is 6.58. The Bertz CT molecular complexity index is 1270. The summed E-state index contributed by atoms with van der Waals surface area (Å²) in [5.41, 5.74) is 4.87. The number of likely N-dealkylation sites (tertiary alicyclic amines) is 1. The highest BCUT2D eigenvalue weighted by Gasteiger charge is 2.24. The number of halogens is 3. The van der Waals surface area contributed by atoms with Crippen molar-refractivity contribution in [1.29, 1.82) is 0 Å². The van der Waals surface area contributed by atoms with Crippen molar-refractivity contribution in [3.05, 3.63) is 83.7 Å². The minimum atomic E-state index is -2.89. The molecule has 0 spiro atoms.